The van der Waals surface area contributed by atoms with Gasteiger partial charge in [-0.25, -0.2) is 0 Å². The molecule has 2 aromatic rings. The molecule has 0 radical (unpaired) electrons. The minimum absolute atomic E-state index is 0.635. The molecule has 2 rings (SSSR count). The molecule has 0 fully saturated rings. The van der Waals surface area contributed by atoms with Gasteiger partial charge in [-0.05, 0) is 36.8 Å². The summed E-state index contributed by atoms with van der Waals surface area (Å²) < 4.78 is 0. The second-order valence-corrected chi connectivity index (χ2v) is 6.88. The first-order valence-corrected chi connectivity index (χ1v) is 8.99. The SMILES string of the molecule is Cc1ccc(NC(=S)NCCC[NH+](C)Cc2ccccc2)cc1Cl. The van der Waals surface area contributed by atoms with Crippen LogP contribution in [0.25, 0.3) is 0 Å². The van der Waals surface area contributed by atoms with E-state index in [9.17, 15) is 0 Å². The summed E-state index contributed by atoms with van der Waals surface area (Å²) >= 11 is 11.4. The Morgan fingerprint density at radius 3 is 2.62 bits per heavy atom. The first-order valence-electron chi connectivity index (χ1n) is 8.21. The molecule has 2 aromatic carbocycles. The van der Waals surface area contributed by atoms with Crippen molar-refractivity contribution < 1.29 is 4.90 Å². The van der Waals surface area contributed by atoms with E-state index in [1.54, 1.807) is 0 Å². The highest BCUT2D eigenvalue weighted by molar-refractivity contribution is 7.80. The standard InChI is InChI=1S/C19H24ClN3S/c1-15-9-10-17(13-18(15)20)22-19(24)21-11-6-12-23(2)14-16-7-4-3-5-8-16/h3-5,7-10,13H,6,11-12,14H2,1-2H3,(H2,21,22,24)/p+1. The van der Waals surface area contributed by atoms with Gasteiger partial charge in [0.15, 0.2) is 5.11 Å². The molecule has 1 atom stereocenters. The van der Waals surface area contributed by atoms with Gasteiger partial charge in [-0.1, -0.05) is 48.0 Å². The molecule has 0 aliphatic rings. The lowest BCUT2D eigenvalue weighted by Crippen LogP contribution is -3.07. The molecule has 0 amide bonds. The maximum Gasteiger partial charge on any atom is 0.170 e. The summed E-state index contributed by atoms with van der Waals surface area (Å²) in [6.07, 6.45) is 1.06. The second kappa shape index (κ2) is 9.62. The van der Waals surface area contributed by atoms with Gasteiger partial charge in [0.2, 0.25) is 0 Å². The molecule has 0 spiro atoms. The van der Waals surface area contributed by atoms with E-state index in [0.29, 0.717) is 5.11 Å². The van der Waals surface area contributed by atoms with Gasteiger partial charge < -0.3 is 15.5 Å². The highest BCUT2D eigenvalue weighted by atomic mass is 35.5. The number of thiocarbonyl (C=S) groups is 1. The summed E-state index contributed by atoms with van der Waals surface area (Å²) in [5.41, 5.74) is 3.34. The number of quaternary nitrogens is 1. The van der Waals surface area contributed by atoms with E-state index in [0.717, 1.165) is 42.3 Å². The Balaban J connectivity index is 1.64. The highest BCUT2D eigenvalue weighted by Gasteiger charge is 2.04. The molecule has 0 saturated carbocycles. The van der Waals surface area contributed by atoms with Crippen LogP contribution in [0.3, 0.4) is 0 Å². The molecule has 128 valence electrons. The second-order valence-electron chi connectivity index (χ2n) is 6.07. The average Bonchev–Trinajstić information content (AvgIpc) is 2.56. The zero-order valence-corrected chi connectivity index (χ0v) is 15.8. The van der Waals surface area contributed by atoms with Gasteiger partial charge in [0, 0.05) is 29.2 Å². The van der Waals surface area contributed by atoms with E-state index in [4.69, 9.17) is 23.8 Å². The van der Waals surface area contributed by atoms with E-state index >= 15 is 0 Å². The largest absolute Gasteiger partial charge is 0.362 e. The summed E-state index contributed by atoms with van der Waals surface area (Å²) in [5.74, 6) is 0. The summed E-state index contributed by atoms with van der Waals surface area (Å²) in [7, 11) is 2.22. The van der Waals surface area contributed by atoms with Gasteiger partial charge in [-0.2, -0.15) is 0 Å². The number of benzene rings is 2. The number of rotatable bonds is 7. The lowest BCUT2D eigenvalue weighted by Gasteiger charge is -2.15. The average molecular weight is 363 g/mol. The van der Waals surface area contributed by atoms with E-state index in [1.807, 2.05) is 25.1 Å². The Morgan fingerprint density at radius 2 is 1.92 bits per heavy atom. The maximum atomic E-state index is 6.12. The third kappa shape index (κ3) is 6.48. The summed E-state index contributed by atoms with van der Waals surface area (Å²) in [6.45, 7) is 4.99. The van der Waals surface area contributed by atoms with Crippen molar-refractivity contribution in [2.75, 3.05) is 25.5 Å². The minimum atomic E-state index is 0.635. The first-order chi connectivity index (χ1) is 11.5. The van der Waals surface area contributed by atoms with Crippen LogP contribution in [0.5, 0.6) is 0 Å². The Morgan fingerprint density at radius 1 is 1.17 bits per heavy atom. The van der Waals surface area contributed by atoms with Gasteiger partial charge in [0.25, 0.3) is 0 Å². The summed E-state index contributed by atoms with van der Waals surface area (Å²) in [6, 6.07) is 16.4. The number of nitrogens with one attached hydrogen (secondary N) is 3. The Bertz CT molecular complexity index is 661. The third-order valence-electron chi connectivity index (χ3n) is 3.84. The number of anilines is 1. The van der Waals surface area contributed by atoms with Crippen LogP contribution in [0.4, 0.5) is 5.69 Å². The molecule has 3 nitrogen and oxygen atoms in total. The summed E-state index contributed by atoms with van der Waals surface area (Å²) in [5, 5.41) is 7.79. The van der Waals surface area contributed by atoms with Gasteiger partial charge >= 0.3 is 0 Å². The fourth-order valence-corrected chi connectivity index (χ4v) is 2.87. The van der Waals surface area contributed by atoms with Crippen molar-refractivity contribution in [2.24, 2.45) is 0 Å². The molecular formula is C19H25ClN3S+. The van der Waals surface area contributed by atoms with Crippen molar-refractivity contribution in [3.05, 3.63) is 64.7 Å². The topological polar surface area (TPSA) is 28.5 Å². The third-order valence-corrected chi connectivity index (χ3v) is 4.50. The van der Waals surface area contributed by atoms with Crippen molar-refractivity contribution in [1.29, 1.82) is 0 Å². The van der Waals surface area contributed by atoms with Crippen molar-refractivity contribution >= 4 is 34.6 Å². The normalized spacial score (nSPS) is 11.8. The fraction of sp³-hybridized carbons (Fsp3) is 0.316. The van der Waals surface area contributed by atoms with Crippen LogP contribution >= 0.6 is 23.8 Å². The first kappa shape index (κ1) is 18.7. The number of hydrogen-bond donors (Lipinski definition) is 3. The molecule has 0 aliphatic heterocycles. The Labute approximate surface area is 155 Å². The predicted molar refractivity (Wildman–Crippen MR) is 107 cm³/mol. The highest BCUT2D eigenvalue weighted by Crippen LogP contribution is 2.19. The Hall–Kier alpha value is -1.62. The molecule has 0 heterocycles. The molecule has 0 saturated heterocycles. The lowest BCUT2D eigenvalue weighted by molar-refractivity contribution is -0.893. The van der Waals surface area contributed by atoms with E-state index < -0.39 is 0 Å². The van der Waals surface area contributed by atoms with Crippen LogP contribution in [0.2, 0.25) is 5.02 Å². The zero-order chi connectivity index (χ0) is 17.4. The van der Waals surface area contributed by atoms with Crippen LogP contribution in [-0.2, 0) is 6.54 Å². The van der Waals surface area contributed by atoms with Gasteiger partial charge in [0.05, 0.1) is 13.6 Å². The number of halogens is 1. The lowest BCUT2D eigenvalue weighted by atomic mass is 10.2. The molecule has 5 heteroatoms. The minimum Gasteiger partial charge on any atom is -0.362 e. The molecule has 24 heavy (non-hydrogen) atoms. The van der Waals surface area contributed by atoms with Crippen LogP contribution < -0.4 is 15.5 Å². The monoisotopic (exact) mass is 362 g/mol. The van der Waals surface area contributed by atoms with Crippen molar-refractivity contribution in [1.82, 2.24) is 5.32 Å². The molecule has 1 unspecified atom stereocenters. The number of aryl methyl sites for hydroxylation is 1. The van der Waals surface area contributed by atoms with Gasteiger partial charge in [-0.15, -0.1) is 0 Å². The smallest absolute Gasteiger partial charge is 0.170 e. The van der Waals surface area contributed by atoms with E-state index in [-0.39, 0.29) is 0 Å². The van der Waals surface area contributed by atoms with E-state index in [2.05, 4.69) is 48.0 Å². The number of hydrogen-bond acceptors (Lipinski definition) is 1. The van der Waals surface area contributed by atoms with Crippen LogP contribution in [0, 0.1) is 6.92 Å². The summed E-state index contributed by atoms with van der Waals surface area (Å²) in [4.78, 5) is 1.49. The van der Waals surface area contributed by atoms with E-state index in [1.165, 1.54) is 10.5 Å². The maximum absolute atomic E-state index is 6.12. The van der Waals surface area contributed by atoms with Crippen molar-refractivity contribution in [3.63, 3.8) is 0 Å². The quantitative estimate of drug-likeness (QED) is 0.522. The van der Waals surface area contributed by atoms with Crippen LogP contribution in [0.1, 0.15) is 17.5 Å². The predicted octanol–water partition coefficient (Wildman–Crippen LogP) is 3.04. The van der Waals surface area contributed by atoms with Gasteiger partial charge in [-0.3, -0.25) is 0 Å². The molecule has 0 bridgehead atoms. The molecular weight excluding hydrogens is 338 g/mol. The van der Waals surface area contributed by atoms with Crippen LogP contribution in [-0.4, -0.2) is 25.2 Å². The van der Waals surface area contributed by atoms with Crippen LogP contribution in [0.15, 0.2) is 48.5 Å². The fourth-order valence-electron chi connectivity index (χ4n) is 2.47. The molecule has 0 aromatic heterocycles. The zero-order valence-electron chi connectivity index (χ0n) is 14.2. The molecule has 3 N–H and O–H groups in total. The van der Waals surface area contributed by atoms with Crippen molar-refractivity contribution in [3.8, 4) is 0 Å². The molecule has 0 aliphatic carbocycles. The van der Waals surface area contributed by atoms with Crippen molar-refractivity contribution in [2.45, 2.75) is 19.9 Å². The Kier molecular flexibility index (Phi) is 7.50. The van der Waals surface area contributed by atoms with Gasteiger partial charge in [0.1, 0.15) is 6.54 Å².